The zero-order valence-electron chi connectivity index (χ0n) is 19.5. The number of carbonyl (C=O) groups excluding carboxylic acids is 3. The second kappa shape index (κ2) is 9.30. The summed E-state index contributed by atoms with van der Waals surface area (Å²) in [5.41, 5.74) is 4.32. The third kappa shape index (κ3) is 4.44. The Morgan fingerprint density at radius 2 is 1.97 bits per heavy atom. The van der Waals surface area contributed by atoms with Gasteiger partial charge in [0.25, 0.3) is 5.91 Å². The first kappa shape index (κ1) is 25.2. The molecule has 1 aromatic heterocycles. The Kier molecular flexibility index (Phi) is 6.70. The van der Waals surface area contributed by atoms with Crippen LogP contribution in [0.3, 0.4) is 0 Å². The Morgan fingerprint density at radius 1 is 1.29 bits per heavy atom. The molecule has 1 aliphatic carbocycles. The number of fused-ring (bicyclic) bond motifs is 1. The number of esters is 1. The van der Waals surface area contributed by atoms with Gasteiger partial charge in [-0.2, -0.15) is 0 Å². The van der Waals surface area contributed by atoms with Gasteiger partial charge in [0.2, 0.25) is 11.5 Å². The second-order valence-corrected chi connectivity index (χ2v) is 11.9. The summed E-state index contributed by atoms with van der Waals surface area (Å²) < 4.78 is 4.20. The number of β-lactam (4-membered cyclic amide) rings is 1. The summed E-state index contributed by atoms with van der Waals surface area (Å²) in [4.78, 5) is 61.4. The Balaban J connectivity index is 1.58. The van der Waals surface area contributed by atoms with E-state index in [-0.39, 0.29) is 16.5 Å². The number of nitrogens with zero attached hydrogens (tertiary/aromatic N) is 3. The highest BCUT2D eigenvalue weighted by Gasteiger charge is 2.64. The molecule has 4 N–H and O–H groups in total. The maximum Gasteiger partial charge on any atom is 0.353 e. The van der Waals surface area contributed by atoms with E-state index >= 15 is 0 Å². The van der Waals surface area contributed by atoms with E-state index < -0.39 is 51.6 Å². The number of thioether (sulfide) groups is 1. The van der Waals surface area contributed by atoms with E-state index in [9.17, 15) is 24.3 Å². The summed E-state index contributed by atoms with van der Waals surface area (Å²) in [6.45, 7) is 3.49. The molecule has 4 rings (SSSR count). The smallest absolute Gasteiger partial charge is 0.353 e. The van der Waals surface area contributed by atoms with Gasteiger partial charge in [0.15, 0.2) is 10.8 Å². The Bertz CT molecular complexity index is 1080. The number of hydrogen-bond donors (Lipinski definition) is 3. The van der Waals surface area contributed by atoms with Crippen molar-refractivity contribution in [3.63, 3.8) is 0 Å². The predicted molar refractivity (Wildman–Crippen MR) is 128 cm³/mol. The van der Waals surface area contributed by atoms with Crippen LogP contribution in [0.4, 0.5) is 5.13 Å². The van der Waals surface area contributed by atoms with Gasteiger partial charge in [-0.3, -0.25) is 9.59 Å². The minimum absolute atomic E-state index is 0.132. The van der Waals surface area contributed by atoms with Crippen LogP contribution >= 0.6 is 23.1 Å². The van der Waals surface area contributed by atoms with E-state index in [1.807, 2.05) is 0 Å². The maximum absolute atomic E-state index is 13.3. The van der Waals surface area contributed by atoms with E-state index in [1.54, 1.807) is 13.8 Å². The van der Waals surface area contributed by atoms with Gasteiger partial charge in [-0.15, -0.1) is 23.1 Å². The van der Waals surface area contributed by atoms with Gasteiger partial charge < -0.3 is 30.6 Å². The highest BCUT2D eigenvalue weighted by molar-refractivity contribution is 8.01. The Hall–Kier alpha value is -2.87. The van der Waals surface area contributed by atoms with Crippen LogP contribution in [-0.4, -0.2) is 79.4 Å². The molecule has 2 amide bonds. The molecule has 35 heavy (non-hydrogen) atoms. The third-order valence-corrected chi connectivity index (χ3v) is 8.72. The van der Waals surface area contributed by atoms with Gasteiger partial charge in [0, 0.05) is 23.0 Å². The van der Waals surface area contributed by atoms with E-state index in [0.717, 1.165) is 30.6 Å². The molecule has 3 atom stereocenters. The first-order valence-corrected chi connectivity index (χ1v) is 12.9. The fourth-order valence-corrected chi connectivity index (χ4v) is 6.90. The van der Waals surface area contributed by atoms with Crippen LogP contribution in [0.1, 0.15) is 51.6 Å². The van der Waals surface area contributed by atoms with E-state index in [4.69, 9.17) is 15.3 Å². The van der Waals surface area contributed by atoms with Crippen molar-refractivity contribution >= 4 is 57.7 Å². The van der Waals surface area contributed by atoms with Crippen LogP contribution in [0.15, 0.2) is 10.5 Å². The second-order valence-electron chi connectivity index (χ2n) is 9.20. The predicted octanol–water partition coefficient (Wildman–Crippen LogP) is 0.954. The molecule has 2 aliphatic heterocycles. The standard InChI is InChI=1S/C21H27N5O7S2/c1-20(2)13(17(29)30)26-15(28)12(16(26)35-20)24-14(27)11(10-9-34-19(22)23-10)25-33-21(18(31)32-3)7-5-4-6-8-21/h9,12-13,16H,4-8H2,1-3H3,(H2,22,23)(H,24,27)(H,29,30)/t12-,13-,16+/m0/s1. The SMILES string of the molecule is COC(=O)C1(ON=C(C(=O)N[C@H]2C(=O)N3[C@@H]2SC(C)(C)[C@@H]3C(=O)O)c2csc(N)n2)CCCCC1. The summed E-state index contributed by atoms with van der Waals surface area (Å²) in [5, 5.41) is 17.4. The number of nitrogens with one attached hydrogen (secondary N) is 1. The molecule has 12 nitrogen and oxygen atoms in total. The number of carboxylic acids is 1. The monoisotopic (exact) mass is 525 g/mol. The average molecular weight is 526 g/mol. The van der Waals surface area contributed by atoms with Crippen molar-refractivity contribution in [2.45, 2.75) is 73.8 Å². The number of nitrogens with two attached hydrogens (primary N) is 1. The fraction of sp³-hybridized carbons (Fsp3) is 0.619. The van der Waals surface area contributed by atoms with Crippen molar-refractivity contribution < 1.29 is 33.9 Å². The molecule has 3 aliphatic rings. The van der Waals surface area contributed by atoms with Crippen LogP contribution < -0.4 is 11.1 Å². The molecule has 0 bridgehead atoms. The number of ether oxygens (including phenoxy) is 1. The number of oxime groups is 1. The molecular formula is C21H27N5O7S2. The lowest BCUT2D eigenvalue weighted by atomic mass is 9.85. The van der Waals surface area contributed by atoms with Gasteiger partial charge in [0.05, 0.1) is 7.11 Å². The van der Waals surface area contributed by atoms with Crippen molar-refractivity contribution in [3.05, 3.63) is 11.1 Å². The van der Waals surface area contributed by atoms with E-state index in [0.29, 0.717) is 12.8 Å². The highest BCUT2D eigenvalue weighted by Crippen LogP contribution is 2.50. The average Bonchev–Trinajstić information content (AvgIpc) is 3.35. The number of amides is 2. The number of rotatable bonds is 7. The number of aliphatic carboxylic acids is 1. The first-order valence-electron chi connectivity index (χ1n) is 11.1. The summed E-state index contributed by atoms with van der Waals surface area (Å²) in [7, 11) is 1.26. The zero-order chi connectivity index (χ0) is 25.5. The summed E-state index contributed by atoms with van der Waals surface area (Å²) in [6, 6.07) is -1.94. The van der Waals surface area contributed by atoms with Crippen molar-refractivity contribution in [1.82, 2.24) is 15.2 Å². The fourth-order valence-electron chi connectivity index (χ4n) is 4.73. The number of carboxylic acid groups (broad SMARTS) is 1. The van der Waals surface area contributed by atoms with Crippen LogP contribution in [0.5, 0.6) is 0 Å². The molecule has 1 saturated carbocycles. The van der Waals surface area contributed by atoms with Crippen LogP contribution in [0.2, 0.25) is 0 Å². The topological polar surface area (TPSA) is 174 Å². The molecule has 0 aromatic carbocycles. The molecule has 190 valence electrons. The molecule has 3 fully saturated rings. The molecule has 2 saturated heterocycles. The highest BCUT2D eigenvalue weighted by atomic mass is 32.2. The first-order chi connectivity index (χ1) is 16.5. The van der Waals surface area contributed by atoms with E-state index in [1.165, 1.54) is 29.2 Å². The molecule has 14 heteroatoms. The quantitative estimate of drug-likeness (QED) is 0.201. The molecule has 0 spiro atoms. The molecule has 3 heterocycles. The van der Waals surface area contributed by atoms with Gasteiger partial charge in [0.1, 0.15) is 23.2 Å². The number of thiazole rings is 1. The maximum atomic E-state index is 13.3. The summed E-state index contributed by atoms with van der Waals surface area (Å²) in [6.07, 6.45) is 3.19. The zero-order valence-corrected chi connectivity index (χ0v) is 21.1. The Morgan fingerprint density at radius 3 is 2.54 bits per heavy atom. The lowest BCUT2D eigenvalue weighted by Gasteiger charge is -2.43. The molecule has 1 aromatic rings. The van der Waals surface area contributed by atoms with Crippen molar-refractivity contribution in [2.75, 3.05) is 12.8 Å². The number of anilines is 1. The molecule has 0 radical (unpaired) electrons. The van der Waals surface area contributed by atoms with Crippen LogP contribution in [-0.2, 0) is 28.8 Å². The lowest BCUT2D eigenvalue weighted by Crippen LogP contribution is -2.71. The minimum atomic E-state index is -1.32. The van der Waals surface area contributed by atoms with Gasteiger partial charge >= 0.3 is 11.9 Å². The van der Waals surface area contributed by atoms with Gasteiger partial charge in [-0.05, 0) is 26.7 Å². The van der Waals surface area contributed by atoms with Gasteiger partial charge in [-0.1, -0.05) is 11.6 Å². The lowest BCUT2D eigenvalue weighted by molar-refractivity contribution is -0.174. The number of carbonyl (C=O) groups is 4. The van der Waals surface area contributed by atoms with Crippen molar-refractivity contribution in [3.8, 4) is 0 Å². The normalized spacial score (nSPS) is 26.9. The molecule has 0 unspecified atom stereocenters. The van der Waals surface area contributed by atoms with Crippen LogP contribution in [0, 0.1) is 0 Å². The van der Waals surface area contributed by atoms with Crippen molar-refractivity contribution in [2.24, 2.45) is 5.16 Å². The molecular weight excluding hydrogens is 498 g/mol. The summed E-state index contributed by atoms with van der Waals surface area (Å²) in [5.74, 6) is -2.92. The largest absolute Gasteiger partial charge is 0.480 e. The number of nitrogen functional groups attached to an aromatic ring is 1. The Labute approximate surface area is 209 Å². The minimum Gasteiger partial charge on any atom is -0.480 e. The third-order valence-electron chi connectivity index (χ3n) is 6.47. The number of aromatic nitrogens is 1. The van der Waals surface area contributed by atoms with Gasteiger partial charge in [-0.25, -0.2) is 14.6 Å². The van der Waals surface area contributed by atoms with Crippen molar-refractivity contribution in [1.29, 1.82) is 0 Å². The number of methoxy groups -OCH3 is 1. The van der Waals surface area contributed by atoms with Crippen LogP contribution in [0.25, 0.3) is 0 Å². The van der Waals surface area contributed by atoms with E-state index in [2.05, 4.69) is 15.5 Å². The number of hydrogen-bond acceptors (Lipinski definition) is 11. The summed E-state index contributed by atoms with van der Waals surface area (Å²) >= 11 is 2.40.